The van der Waals surface area contributed by atoms with E-state index in [1.807, 2.05) is 36.7 Å². The predicted octanol–water partition coefficient (Wildman–Crippen LogP) is 4.67. The van der Waals surface area contributed by atoms with Gasteiger partial charge in [-0.05, 0) is 63.4 Å². The molecule has 2 rings (SSSR count). The second-order valence-corrected chi connectivity index (χ2v) is 6.64. The van der Waals surface area contributed by atoms with E-state index in [-0.39, 0.29) is 0 Å². The van der Waals surface area contributed by atoms with E-state index in [0.717, 1.165) is 32.4 Å². The lowest BCUT2D eigenvalue weighted by Gasteiger charge is -2.13. The molecule has 0 bridgehead atoms. The van der Waals surface area contributed by atoms with Gasteiger partial charge in [0.25, 0.3) is 0 Å². The Bertz CT molecular complexity index is 628. The number of benzene rings is 1. The van der Waals surface area contributed by atoms with Gasteiger partial charge in [-0.25, -0.2) is 0 Å². The summed E-state index contributed by atoms with van der Waals surface area (Å²) in [6.45, 7) is 4.62. The first-order chi connectivity index (χ1) is 9.43. The lowest BCUT2D eigenvalue weighted by molar-refractivity contribution is 0.175. The molecule has 0 fully saturated rings. The van der Waals surface area contributed by atoms with Crippen molar-refractivity contribution in [2.75, 3.05) is 0 Å². The normalized spacial score (nSPS) is 12.7. The van der Waals surface area contributed by atoms with Crippen LogP contribution in [-0.2, 0) is 13.0 Å². The second-order valence-electron chi connectivity index (χ2n) is 4.56. The van der Waals surface area contributed by atoms with Crippen molar-refractivity contribution in [1.29, 1.82) is 0 Å². The number of halogens is 3. The van der Waals surface area contributed by atoms with Gasteiger partial charge < -0.3 is 5.11 Å². The van der Waals surface area contributed by atoms with Crippen LogP contribution in [-0.4, -0.2) is 14.9 Å². The van der Waals surface area contributed by atoms with E-state index >= 15 is 0 Å². The second kappa shape index (κ2) is 6.60. The van der Waals surface area contributed by atoms with E-state index in [1.165, 1.54) is 0 Å². The molecule has 20 heavy (non-hydrogen) atoms. The maximum Gasteiger partial charge on any atom is 0.0848 e. The van der Waals surface area contributed by atoms with Crippen molar-refractivity contribution < 1.29 is 5.11 Å². The number of nitrogens with zero attached hydrogens (tertiary/aromatic N) is 2. The van der Waals surface area contributed by atoms with Crippen molar-refractivity contribution in [3.8, 4) is 0 Å². The fraction of sp³-hybridized carbons (Fsp3) is 0.357. The molecule has 0 radical (unpaired) electrons. The standard InChI is InChI=1S/C14H15Br2ClN2O/c1-3-19-12(14(17)8(2)18-19)7-13(20)9-4-5-10(15)11(16)6-9/h4-6,13,20H,3,7H2,1-2H3. The molecule has 0 aliphatic carbocycles. The topological polar surface area (TPSA) is 38.0 Å². The van der Waals surface area contributed by atoms with Crippen molar-refractivity contribution >= 4 is 43.5 Å². The van der Waals surface area contributed by atoms with Gasteiger partial charge in [-0.1, -0.05) is 17.7 Å². The zero-order chi connectivity index (χ0) is 14.9. The molecular formula is C14H15Br2ClN2O. The van der Waals surface area contributed by atoms with Gasteiger partial charge in [-0.15, -0.1) is 0 Å². The van der Waals surface area contributed by atoms with Crippen LogP contribution in [0.5, 0.6) is 0 Å². The monoisotopic (exact) mass is 420 g/mol. The number of rotatable bonds is 4. The zero-order valence-corrected chi connectivity index (χ0v) is 15.1. The van der Waals surface area contributed by atoms with Gasteiger partial charge in [0.05, 0.1) is 22.5 Å². The summed E-state index contributed by atoms with van der Waals surface area (Å²) in [6.07, 6.45) is -0.167. The molecule has 0 spiro atoms. The Morgan fingerprint density at radius 3 is 2.65 bits per heavy atom. The number of aliphatic hydroxyl groups is 1. The highest BCUT2D eigenvalue weighted by Crippen LogP contribution is 2.30. The van der Waals surface area contributed by atoms with E-state index in [9.17, 15) is 5.11 Å². The molecule has 0 saturated carbocycles. The van der Waals surface area contributed by atoms with E-state index in [4.69, 9.17) is 11.6 Å². The maximum atomic E-state index is 10.4. The van der Waals surface area contributed by atoms with Crippen molar-refractivity contribution in [3.05, 3.63) is 49.1 Å². The Hall–Kier alpha value is -0.360. The van der Waals surface area contributed by atoms with Crippen LogP contribution in [0.4, 0.5) is 0 Å². The van der Waals surface area contributed by atoms with E-state index in [0.29, 0.717) is 11.4 Å². The summed E-state index contributed by atoms with van der Waals surface area (Å²) in [5, 5.41) is 15.4. The van der Waals surface area contributed by atoms with Crippen molar-refractivity contribution in [2.45, 2.75) is 32.9 Å². The Balaban J connectivity index is 2.27. The van der Waals surface area contributed by atoms with Crippen LogP contribution < -0.4 is 0 Å². The minimum absolute atomic E-state index is 0.446. The summed E-state index contributed by atoms with van der Waals surface area (Å²) in [4.78, 5) is 0. The zero-order valence-electron chi connectivity index (χ0n) is 11.2. The summed E-state index contributed by atoms with van der Waals surface area (Å²) in [6, 6.07) is 5.71. The Morgan fingerprint density at radius 2 is 2.05 bits per heavy atom. The third-order valence-electron chi connectivity index (χ3n) is 3.17. The van der Waals surface area contributed by atoms with E-state index in [1.54, 1.807) is 0 Å². The van der Waals surface area contributed by atoms with Crippen molar-refractivity contribution in [3.63, 3.8) is 0 Å². The first-order valence-corrected chi connectivity index (χ1v) is 8.25. The molecule has 0 aliphatic heterocycles. The van der Waals surface area contributed by atoms with E-state index in [2.05, 4.69) is 37.0 Å². The predicted molar refractivity (Wildman–Crippen MR) is 88.2 cm³/mol. The third-order valence-corrected chi connectivity index (χ3v) is 5.54. The van der Waals surface area contributed by atoms with Gasteiger partial charge in [0, 0.05) is 21.9 Å². The summed E-state index contributed by atoms with van der Waals surface area (Å²) < 4.78 is 3.72. The SMILES string of the molecule is CCn1nc(C)c(Cl)c1CC(O)c1ccc(Br)c(Br)c1. The van der Waals surface area contributed by atoms with Gasteiger partial charge in [-0.2, -0.15) is 5.10 Å². The Morgan fingerprint density at radius 1 is 1.35 bits per heavy atom. The molecule has 0 saturated heterocycles. The molecule has 1 unspecified atom stereocenters. The van der Waals surface area contributed by atoms with Crippen LogP contribution in [0.1, 0.15) is 30.0 Å². The third kappa shape index (κ3) is 3.27. The molecule has 6 heteroatoms. The number of hydrogen-bond donors (Lipinski definition) is 1. The highest BCUT2D eigenvalue weighted by molar-refractivity contribution is 9.13. The maximum absolute atomic E-state index is 10.4. The number of aliphatic hydroxyl groups excluding tert-OH is 1. The van der Waals surface area contributed by atoms with Crippen LogP contribution in [0.3, 0.4) is 0 Å². The molecule has 0 amide bonds. The lowest BCUT2D eigenvalue weighted by atomic mass is 10.0. The smallest absolute Gasteiger partial charge is 0.0848 e. The summed E-state index contributed by atoms with van der Waals surface area (Å²) in [5.41, 5.74) is 2.52. The largest absolute Gasteiger partial charge is 0.388 e. The first kappa shape index (κ1) is 16.0. The molecule has 3 nitrogen and oxygen atoms in total. The summed E-state index contributed by atoms with van der Waals surface area (Å²) in [7, 11) is 0. The van der Waals surface area contributed by atoms with Gasteiger partial charge in [0.15, 0.2) is 0 Å². The van der Waals surface area contributed by atoms with Crippen LogP contribution in [0.25, 0.3) is 0 Å². The highest BCUT2D eigenvalue weighted by atomic mass is 79.9. The van der Waals surface area contributed by atoms with E-state index < -0.39 is 6.10 Å². The average Bonchev–Trinajstić information content (AvgIpc) is 2.69. The minimum Gasteiger partial charge on any atom is -0.388 e. The average molecular weight is 423 g/mol. The van der Waals surface area contributed by atoms with Crippen LogP contribution in [0.2, 0.25) is 5.02 Å². The molecule has 1 N–H and O–H groups in total. The lowest BCUT2D eigenvalue weighted by Crippen LogP contribution is -2.09. The van der Waals surface area contributed by atoms with Gasteiger partial charge in [0.1, 0.15) is 0 Å². The number of aromatic nitrogens is 2. The molecule has 1 aromatic carbocycles. The van der Waals surface area contributed by atoms with Crippen LogP contribution >= 0.6 is 43.5 Å². The molecule has 0 aliphatic rings. The van der Waals surface area contributed by atoms with Gasteiger partial charge in [-0.3, -0.25) is 4.68 Å². The summed E-state index contributed by atoms with van der Waals surface area (Å²) >= 11 is 13.1. The number of hydrogen-bond acceptors (Lipinski definition) is 2. The molecule has 2 aromatic rings. The van der Waals surface area contributed by atoms with Crippen LogP contribution in [0, 0.1) is 6.92 Å². The summed E-state index contributed by atoms with van der Waals surface area (Å²) in [5.74, 6) is 0. The fourth-order valence-corrected chi connectivity index (χ4v) is 2.94. The van der Waals surface area contributed by atoms with Crippen molar-refractivity contribution in [2.24, 2.45) is 0 Å². The van der Waals surface area contributed by atoms with Gasteiger partial charge in [0.2, 0.25) is 0 Å². The Kier molecular flexibility index (Phi) is 5.29. The minimum atomic E-state index is -0.613. The van der Waals surface area contributed by atoms with Crippen molar-refractivity contribution in [1.82, 2.24) is 9.78 Å². The van der Waals surface area contributed by atoms with Gasteiger partial charge >= 0.3 is 0 Å². The molecule has 108 valence electrons. The molecule has 1 aromatic heterocycles. The molecule has 1 heterocycles. The number of aryl methyl sites for hydroxylation is 2. The highest BCUT2D eigenvalue weighted by Gasteiger charge is 2.18. The van der Waals surface area contributed by atoms with Crippen LogP contribution in [0.15, 0.2) is 27.1 Å². The fourth-order valence-electron chi connectivity index (χ4n) is 2.08. The Labute approximate surface area is 140 Å². The molecule has 1 atom stereocenters. The molecular weight excluding hydrogens is 407 g/mol. The quantitative estimate of drug-likeness (QED) is 0.778. The first-order valence-electron chi connectivity index (χ1n) is 6.28.